The van der Waals surface area contributed by atoms with E-state index in [-0.39, 0.29) is 11.9 Å². The number of H-pyrrole nitrogens is 1. The molecule has 1 unspecified atom stereocenters. The molecule has 6 heteroatoms. The van der Waals surface area contributed by atoms with Crippen LogP contribution in [0.2, 0.25) is 0 Å². The summed E-state index contributed by atoms with van der Waals surface area (Å²) in [5.74, 6) is 0.0836. The molecule has 1 saturated heterocycles. The maximum atomic E-state index is 11.2. The zero-order valence-corrected chi connectivity index (χ0v) is 11.0. The van der Waals surface area contributed by atoms with Crippen LogP contribution in [0.25, 0.3) is 11.0 Å². The van der Waals surface area contributed by atoms with Crippen molar-refractivity contribution in [3.8, 4) is 6.07 Å². The normalized spacial score (nSPS) is 19.1. The highest BCUT2D eigenvalue weighted by Gasteiger charge is 2.21. The molecule has 2 aromatic rings. The van der Waals surface area contributed by atoms with Gasteiger partial charge in [-0.1, -0.05) is 0 Å². The number of benzene rings is 1. The molecular weight excluding hydrogens is 260 g/mol. The van der Waals surface area contributed by atoms with E-state index in [4.69, 9.17) is 17.5 Å². The van der Waals surface area contributed by atoms with Crippen molar-refractivity contribution >= 4 is 29.2 Å². The number of rotatable bonds is 1. The lowest BCUT2D eigenvalue weighted by Gasteiger charge is -2.24. The van der Waals surface area contributed by atoms with Crippen LogP contribution in [0.4, 0.5) is 0 Å². The SMILES string of the molecule is N#Cc1ccc2[nH]c(=S)n(C3CCC(=O)NC3)c2c1. The molecule has 0 saturated carbocycles. The largest absolute Gasteiger partial charge is 0.354 e. The number of nitriles is 1. The van der Waals surface area contributed by atoms with E-state index in [0.717, 1.165) is 17.5 Å². The Bertz CT molecular complexity index is 742. The molecule has 0 aliphatic carbocycles. The number of hydrogen-bond donors (Lipinski definition) is 2. The van der Waals surface area contributed by atoms with Crippen LogP contribution in [0.3, 0.4) is 0 Å². The molecule has 1 aliphatic heterocycles. The van der Waals surface area contributed by atoms with Crippen molar-refractivity contribution in [3.05, 3.63) is 28.5 Å². The highest BCUT2D eigenvalue weighted by atomic mass is 32.1. The van der Waals surface area contributed by atoms with Gasteiger partial charge in [0.2, 0.25) is 5.91 Å². The maximum absolute atomic E-state index is 11.2. The van der Waals surface area contributed by atoms with Crippen LogP contribution >= 0.6 is 12.2 Å². The molecule has 1 aromatic heterocycles. The van der Waals surface area contributed by atoms with Crippen LogP contribution in [-0.4, -0.2) is 22.0 Å². The molecule has 1 fully saturated rings. The molecule has 1 atom stereocenters. The van der Waals surface area contributed by atoms with E-state index < -0.39 is 0 Å². The number of nitrogens with one attached hydrogen (secondary N) is 2. The molecule has 2 N–H and O–H groups in total. The number of imidazole rings is 1. The van der Waals surface area contributed by atoms with E-state index in [1.807, 2.05) is 16.7 Å². The van der Waals surface area contributed by atoms with E-state index >= 15 is 0 Å². The van der Waals surface area contributed by atoms with Crippen molar-refractivity contribution in [3.63, 3.8) is 0 Å². The molecule has 0 spiro atoms. The molecule has 96 valence electrons. The standard InChI is InChI=1S/C13H12N4OS/c14-6-8-1-3-10-11(5-8)17(13(19)16-10)9-2-4-12(18)15-7-9/h1,3,5,9H,2,4,7H2,(H,15,18)(H,16,19). The van der Waals surface area contributed by atoms with Gasteiger partial charge in [0.1, 0.15) is 0 Å². The molecule has 0 bridgehead atoms. The smallest absolute Gasteiger partial charge is 0.220 e. The summed E-state index contributed by atoms with van der Waals surface area (Å²) in [6.45, 7) is 0.580. The van der Waals surface area contributed by atoms with Gasteiger partial charge in [0, 0.05) is 13.0 Å². The van der Waals surface area contributed by atoms with Gasteiger partial charge in [0.15, 0.2) is 4.77 Å². The van der Waals surface area contributed by atoms with Gasteiger partial charge in [0.25, 0.3) is 0 Å². The minimum absolute atomic E-state index is 0.0836. The monoisotopic (exact) mass is 272 g/mol. The van der Waals surface area contributed by atoms with Gasteiger partial charge in [0.05, 0.1) is 28.7 Å². The molecular formula is C13H12N4OS. The third-order valence-corrected chi connectivity index (χ3v) is 3.75. The quantitative estimate of drug-likeness (QED) is 0.780. The topological polar surface area (TPSA) is 73.6 Å². The van der Waals surface area contributed by atoms with Crippen LogP contribution in [0, 0.1) is 16.1 Å². The Morgan fingerprint density at radius 2 is 2.32 bits per heavy atom. The van der Waals surface area contributed by atoms with Crippen LogP contribution < -0.4 is 5.32 Å². The fourth-order valence-corrected chi connectivity index (χ4v) is 2.85. The number of fused-ring (bicyclic) bond motifs is 1. The molecule has 1 aliphatic rings. The van der Waals surface area contributed by atoms with E-state index in [1.54, 1.807) is 6.07 Å². The molecule has 5 nitrogen and oxygen atoms in total. The van der Waals surface area contributed by atoms with Gasteiger partial charge in [-0.25, -0.2) is 0 Å². The second kappa shape index (κ2) is 4.52. The van der Waals surface area contributed by atoms with Gasteiger partial charge in [-0.2, -0.15) is 5.26 Å². The number of nitrogens with zero attached hydrogens (tertiary/aromatic N) is 2. The fraction of sp³-hybridized carbons (Fsp3) is 0.308. The van der Waals surface area contributed by atoms with Crippen molar-refractivity contribution in [2.75, 3.05) is 6.54 Å². The Balaban J connectivity index is 2.12. The Labute approximate surface area is 114 Å². The highest BCUT2D eigenvalue weighted by Crippen LogP contribution is 2.24. The van der Waals surface area contributed by atoms with E-state index in [0.29, 0.717) is 23.3 Å². The van der Waals surface area contributed by atoms with Crippen molar-refractivity contribution in [1.29, 1.82) is 5.26 Å². The van der Waals surface area contributed by atoms with Crippen LogP contribution in [-0.2, 0) is 4.79 Å². The summed E-state index contributed by atoms with van der Waals surface area (Å²) < 4.78 is 2.64. The van der Waals surface area contributed by atoms with Crippen LogP contribution in [0.1, 0.15) is 24.4 Å². The number of piperidine rings is 1. The summed E-state index contributed by atoms with van der Waals surface area (Å²) >= 11 is 5.35. The fourth-order valence-electron chi connectivity index (χ4n) is 2.49. The highest BCUT2D eigenvalue weighted by molar-refractivity contribution is 7.71. The number of hydrogen-bond acceptors (Lipinski definition) is 3. The average molecular weight is 272 g/mol. The zero-order valence-electron chi connectivity index (χ0n) is 10.1. The summed E-state index contributed by atoms with van der Waals surface area (Å²) in [6.07, 6.45) is 1.28. The van der Waals surface area contributed by atoms with Gasteiger partial charge >= 0.3 is 0 Å². The number of amides is 1. The van der Waals surface area contributed by atoms with Crippen LogP contribution in [0.5, 0.6) is 0 Å². The maximum Gasteiger partial charge on any atom is 0.220 e. The first-order chi connectivity index (χ1) is 9.19. The molecule has 19 heavy (non-hydrogen) atoms. The minimum Gasteiger partial charge on any atom is -0.354 e. The lowest BCUT2D eigenvalue weighted by Crippen LogP contribution is -2.36. The van der Waals surface area contributed by atoms with Crippen molar-refractivity contribution in [1.82, 2.24) is 14.9 Å². The van der Waals surface area contributed by atoms with E-state index in [2.05, 4.69) is 16.4 Å². The predicted octanol–water partition coefficient (Wildman–Crippen LogP) is 2.02. The lowest BCUT2D eigenvalue weighted by atomic mass is 10.1. The molecule has 1 aromatic carbocycles. The average Bonchev–Trinajstić information content (AvgIpc) is 2.75. The Hall–Kier alpha value is -2.13. The van der Waals surface area contributed by atoms with Gasteiger partial charge in [-0.15, -0.1) is 0 Å². The Kier molecular flexibility index (Phi) is 2.84. The van der Waals surface area contributed by atoms with Gasteiger partial charge in [-0.3, -0.25) is 4.79 Å². The summed E-state index contributed by atoms with van der Waals surface area (Å²) in [7, 11) is 0. The lowest BCUT2D eigenvalue weighted by molar-refractivity contribution is -0.122. The van der Waals surface area contributed by atoms with E-state index in [9.17, 15) is 4.79 Å². The van der Waals surface area contributed by atoms with E-state index in [1.165, 1.54) is 0 Å². The van der Waals surface area contributed by atoms with Gasteiger partial charge in [-0.05, 0) is 36.8 Å². The van der Waals surface area contributed by atoms with Gasteiger partial charge < -0.3 is 14.9 Å². The molecule has 0 radical (unpaired) electrons. The summed E-state index contributed by atoms with van der Waals surface area (Å²) in [6, 6.07) is 7.74. The molecule has 1 amide bonds. The van der Waals surface area contributed by atoms with Crippen molar-refractivity contribution < 1.29 is 4.79 Å². The summed E-state index contributed by atoms with van der Waals surface area (Å²) in [5.41, 5.74) is 2.45. The van der Waals surface area contributed by atoms with Crippen molar-refractivity contribution in [2.24, 2.45) is 0 Å². The molecule has 2 heterocycles. The number of aromatic nitrogens is 2. The van der Waals surface area contributed by atoms with Crippen LogP contribution in [0.15, 0.2) is 18.2 Å². The number of aromatic amines is 1. The summed E-state index contributed by atoms with van der Waals surface area (Å²) in [5, 5.41) is 11.8. The first kappa shape index (κ1) is 11.9. The third kappa shape index (κ3) is 2.02. The number of carbonyl (C=O) groups is 1. The molecule has 3 rings (SSSR count). The number of carbonyl (C=O) groups excluding carboxylic acids is 1. The third-order valence-electron chi connectivity index (χ3n) is 3.45. The van der Waals surface area contributed by atoms with Crippen molar-refractivity contribution in [2.45, 2.75) is 18.9 Å². The first-order valence-corrected chi connectivity index (χ1v) is 6.51. The zero-order chi connectivity index (χ0) is 13.4. The first-order valence-electron chi connectivity index (χ1n) is 6.10. The summed E-state index contributed by atoms with van der Waals surface area (Å²) in [4.78, 5) is 14.4. The Morgan fingerprint density at radius 1 is 1.47 bits per heavy atom. The second-order valence-corrected chi connectivity index (χ2v) is 5.03. The minimum atomic E-state index is 0.0836. The predicted molar refractivity (Wildman–Crippen MR) is 73.1 cm³/mol. The Morgan fingerprint density at radius 3 is 3.00 bits per heavy atom. The second-order valence-electron chi connectivity index (χ2n) is 4.64.